The van der Waals surface area contributed by atoms with Crippen LogP contribution in [0.3, 0.4) is 0 Å². The Kier molecular flexibility index (Phi) is 4.89. The maximum atomic E-state index is 13.4. The summed E-state index contributed by atoms with van der Waals surface area (Å²) in [6.45, 7) is 1.49. The van der Waals surface area contributed by atoms with E-state index in [1.807, 2.05) is 0 Å². The molecule has 2 aromatic rings. The minimum absolute atomic E-state index is 0.0537. The summed E-state index contributed by atoms with van der Waals surface area (Å²) in [5, 5.41) is 12.2. The van der Waals surface area contributed by atoms with Gasteiger partial charge in [-0.1, -0.05) is 12.2 Å². The van der Waals surface area contributed by atoms with Crippen LogP contribution in [-0.4, -0.2) is 31.9 Å². The van der Waals surface area contributed by atoms with Gasteiger partial charge in [0.1, 0.15) is 15.6 Å². The van der Waals surface area contributed by atoms with Gasteiger partial charge in [0.25, 0.3) is 5.91 Å². The van der Waals surface area contributed by atoms with Crippen molar-refractivity contribution in [2.75, 3.05) is 5.32 Å². The van der Waals surface area contributed by atoms with Crippen LogP contribution in [0.1, 0.15) is 23.0 Å². The molecule has 0 spiro atoms. The van der Waals surface area contributed by atoms with Crippen LogP contribution in [0.15, 0.2) is 35.4 Å². The van der Waals surface area contributed by atoms with E-state index in [-0.39, 0.29) is 21.8 Å². The molecule has 0 radical (unpaired) electrons. The molecule has 10 heteroatoms. The zero-order valence-corrected chi connectivity index (χ0v) is 15.3. The standard InChI is InChI=1S/C17H18F2N4O3S/c1-9(24)14-6-4-11-15(27(20,26)22-14)8-23(2)16(11)17(25)21-10-3-5-12(18)13(19)7-10/h3-9,14,24H,1-2H3,(H,21,25)(H2,20,22,26)/t9?,14-,27?/m1/s1. The van der Waals surface area contributed by atoms with Gasteiger partial charge < -0.3 is 15.0 Å². The van der Waals surface area contributed by atoms with E-state index in [1.165, 1.54) is 35.9 Å². The van der Waals surface area contributed by atoms with Crippen LogP contribution >= 0.6 is 0 Å². The molecule has 1 aromatic heterocycles. The first-order valence-electron chi connectivity index (χ1n) is 7.98. The van der Waals surface area contributed by atoms with Crippen molar-refractivity contribution < 1.29 is 22.9 Å². The van der Waals surface area contributed by atoms with Gasteiger partial charge in [0.2, 0.25) is 0 Å². The second kappa shape index (κ2) is 6.87. The van der Waals surface area contributed by atoms with Gasteiger partial charge in [-0.25, -0.2) is 22.5 Å². The highest BCUT2D eigenvalue weighted by atomic mass is 32.2. The molecule has 1 amide bonds. The topological polar surface area (TPSA) is 107 Å². The number of hydrogen-bond acceptors (Lipinski definition) is 4. The number of nitrogens with zero attached hydrogens (tertiary/aromatic N) is 1. The average Bonchev–Trinajstić information content (AvgIpc) is 2.85. The molecular formula is C17H18F2N4O3S. The maximum Gasteiger partial charge on any atom is 0.272 e. The highest BCUT2D eigenvalue weighted by Crippen LogP contribution is 2.28. The molecule has 7 nitrogen and oxygen atoms in total. The molecule has 0 bridgehead atoms. The van der Waals surface area contributed by atoms with E-state index < -0.39 is 39.6 Å². The van der Waals surface area contributed by atoms with E-state index in [1.54, 1.807) is 7.05 Å². The van der Waals surface area contributed by atoms with Crippen molar-refractivity contribution in [1.29, 1.82) is 4.78 Å². The molecular weight excluding hydrogens is 378 g/mol. The Bertz CT molecular complexity index is 1040. The number of aliphatic hydroxyl groups is 1. The number of anilines is 1. The van der Waals surface area contributed by atoms with Gasteiger partial charge in [0.05, 0.1) is 17.0 Å². The molecule has 0 aliphatic carbocycles. The van der Waals surface area contributed by atoms with E-state index in [0.29, 0.717) is 0 Å². The SMILES string of the molecule is CC(O)[C@H]1C=Cc2c(cn(C)c2C(=O)Nc2ccc(F)c(F)c2)S(=N)(=O)N1. The number of hydrogen-bond donors (Lipinski definition) is 4. The van der Waals surface area contributed by atoms with Gasteiger partial charge in [0.15, 0.2) is 11.6 Å². The Balaban J connectivity index is 2.03. The highest BCUT2D eigenvalue weighted by Gasteiger charge is 2.29. The maximum absolute atomic E-state index is 13.4. The highest BCUT2D eigenvalue weighted by molar-refractivity contribution is 7.90. The number of aryl methyl sites for hydroxylation is 1. The van der Waals surface area contributed by atoms with Crippen LogP contribution < -0.4 is 10.0 Å². The molecule has 2 unspecified atom stereocenters. The zero-order chi connectivity index (χ0) is 19.9. The number of rotatable bonds is 3. The smallest absolute Gasteiger partial charge is 0.272 e. The number of fused-ring (bicyclic) bond motifs is 1. The van der Waals surface area contributed by atoms with E-state index in [0.717, 1.165) is 12.1 Å². The molecule has 0 saturated carbocycles. The second-order valence-corrected chi connectivity index (χ2v) is 8.04. The first kappa shape index (κ1) is 19.2. The normalized spacial score (nSPS) is 22.8. The molecule has 3 rings (SSSR count). The number of carbonyl (C=O) groups excluding carboxylic acids is 1. The Labute approximate surface area is 154 Å². The van der Waals surface area contributed by atoms with Crippen molar-refractivity contribution in [3.05, 3.63) is 53.4 Å². The second-order valence-electron chi connectivity index (χ2n) is 6.25. The summed E-state index contributed by atoms with van der Waals surface area (Å²) in [7, 11) is -1.93. The van der Waals surface area contributed by atoms with Crippen LogP contribution in [0.2, 0.25) is 0 Å². The Morgan fingerprint density at radius 3 is 2.74 bits per heavy atom. The van der Waals surface area contributed by atoms with Crippen molar-refractivity contribution >= 4 is 27.6 Å². The number of amides is 1. The fourth-order valence-corrected chi connectivity index (χ4v) is 4.37. The molecule has 3 atom stereocenters. The molecule has 0 fully saturated rings. The summed E-state index contributed by atoms with van der Waals surface area (Å²) >= 11 is 0. The van der Waals surface area contributed by atoms with Crippen LogP contribution in [0.5, 0.6) is 0 Å². The first-order valence-corrected chi connectivity index (χ1v) is 9.54. The molecule has 144 valence electrons. The molecule has 4 N–H and O–H groups in total. The van der Waals surface area contributed by atoms with E-state index >= 15 is 0 Å². The predicted octanol–water partition coefficient (Wildman–Crippen LogP) is 2.24. The van der Waals surface area contributed by atoms with Crippen molar-refractivity contribution in [1.82, 2.24) is 9.29 Å². The van der Waals surface area contributed by atoms with Gasteiger partial charge in [-0.3, -0.25) is 4.79 Å². The summed E-state index contributed by atoms with van der Waals surface area (Å²) in [6.07, 6.45) is 3.54. The van der Waals surface area contributed by atoms with Crippen molar-refractivity contribution in [3.8, 4) is 0 Å². The van der Waals surface area contributed by atoms with Crippen LogP contribution in [0.4, 0.5) is 14.5 Å². The lowest BCUT2D eigenvalue weighted by atomic mass is 10.1. The van der Waals surface area contributed by atoms with Crippen LogP contribution in [0.25, 0.3) is 6.08 Å². The number of nitrogens with one attached hydrogen (secondary N) is 3. The molecule has 2 heterocycles. The minimum Gasteiger partial charge on any atom is -0.391 e. The van der Waals surface area contributed by atoms with Gasteiger partial charge >= 0.3 is 0 Å². The first-order chi connectivity index (χ1) is 12.6. The minimum atomic E-state index is -3.48. The number of aromatic nitrogens is 1. The lowest BCUT2D eigenvalue weighted by Crippen LogP contribution is -2.39. The largest absolute Gasteiger partial charge is 0.391 e. The van der Waals surface area contributed by atoms with Crippen molar-refractivity contribution in [2.24, 2.45) is 7.05 Å². The van der Waals surface area contributed by atoms with E-state index in [9.17, 15) is 22.9 Å². The van der Waals surface area contributed by atoms with Gasteiger partial charge in [-0.2, -0.15) is 0 Å². The number of carbonyl (C=O) groups is 1. The van der Waals surface area contributed by atoms with E-state index in [2.05, 4.69) is 10.0 Å². The lowest BCUT2D eigenvalue weighted by molar-refractivity contribution is 0.101. The molecule has 27 heavy (non-hydrogen) atoms. The Hall–Kier alpha value is -2.56. The quantitative estimate of drug-likeness (QED) is 0.639. The number of halogens is 2. The summed E-state index contributed by atoms with van der Waals surface area (Å²) in [5.41, 5.74) is 0.408. The molecule has 1 aliphatic rings. The fourth-order valence-electron chi connectivity index (χ4n) is 2.81. The van der Waals surface area contributed by atoms with Gasteiger partial charge in [0, 0.05) is 30.6 Å². The van der Waals surface area contributed by atoms with Crippen LogP contribution in [-0.2, 0) is 17.0 Å². The third-order valence-electron chi connectivity index (χ3n) is 4.18. The monoisotopic (exact) mass is 396 g/mol. The number of benzene rings is 1. The predicted molar refractivity (Wildman–Crippen MR) is 96.5 cm³/mol. The summed E-state index contributed by atoms with van der Waals surface area (Å²) < 4.78 is 51.3. The average molecular weight is 396 g/mol. The number of aliphatic hydroxyl groups excluding tert-OH is 1. The van der Waals surface area contributed by atoms with Crippen molar-refractivity contribution in [3.63, 3.8) is 0 Å². The molecule has 1 aromatic carbocycles. The van der Waals surface area contributed by atoms with Crippen LogP contribution in [0, 0.1) is 16.4 Å². The van der Waals surface area contributed by atoms with Crippen molar-refractivity contribution in [2.45, 2.75) is 24.0 Å². The summed E-state index contributed by atoms with van der Waals surface area (Å²) in [5.74, 6) is -2.77. The summed E-state index contributed by atoms with van der Waals surface area (Å²) in [6, 6.07) is 2.23. The lowest BCUT2D eigenvalue weighted by Gasteiger charge is -2.17. The zero-order valence-electron chi connectivity index (χ0n) is 14.5. The summed E-state index contributed by atoms with van der Waals surface area (Å²) in [4.78, 5) is 12.8. The Morgan fingerprint density at radius 2 is 2.11 bits per heavy atom. The Morgan fingerprint density at radius 1 is 1.41 bits per heavy atom. The van der Waals surface area contributed by atoms with E-state index in [4.69, 9.17) is 4.78 Å². The third kappa shape index (κ3) is 3.64. The third-order valence-corrected chi connectivity index (χ3v) is 5.73. The van der Waals surface area contributed by atoms with Gasteiger partial charge in [-0.15, -0.1) is 0 Å². The molecule has 1 aliphatic heterocycles. The fraction of sp³-hybridized carbons (Fsp3) is 0.235. The van der Waals surface area contributed by atoms with Gasteiger partial charge in [-0.05, 0) is 19.1 Å². The molecule has 0 saturated heterocycles.